The maximum atomic E-state index is 4.32. The van der Waals surface area contributed by atoms with Gasteiger partial charge in [-0.05, 0) is 17.9 Å². The summed E-state index contributed by atoms with van der Waals surface area (Å²) < 4.78 is 0. The van der Waals surface area contributed by atoms with Gasteiger partial charge in [0.25, 0.3) is 0 Å². The molecule has 0 aliphatic heterocycles. The van der Waals surface area contributed by atoms with Gasteiger partial charge in [-0.1, -0.05) is 6.92 Å². The molecule has 74 valence electrons. The van der Waals surface area contributed by atoms with E-state index in [9.17, 15) is 0 Å². The van der Waals surface area contributed by atoms with Gasteiger partial charge in [0.15, 0.2) is 0 Å². The summed E-state index contributed by atoms with van der Waals surface area (Å²) in [5.74, 6) is 0. The summed E-state index contributed by atoms with van der Waals surface area (Å²) >= 11 is 3.49. The maximum Gasteiger partial charge on any atom is 0.0925 e. The van der Waals surface area contributed by atoms with Crippen molar-refractivity contribution in [1.82, 2.24) is 4.98 Å². The van der Waals surface area contributed by atoms with Crippen molar-refractivity contribution in [2.24, 2.45) is 0 Å². The molecule has 0 atom stereocenters. The first kappa shape index (κ1) is 9.68. The summed E-state index contributed by atoms with van der Waals surface area (Å²) in [5, 5.41) is 8.76. The summed E-state index contributed by atoms with van der Waals surface area (Å²) in [7, 11) is 0. The Morgan fingerprint density at radius 1 is 1.50 bits per heavy atom. The largest absolute Gasteiger partial charge is 0.379 e. The van der Waals surface area contributed by atoms with Gasteiger partial charge in [-0.25, -0.2) is 4.98 Å². The van der Waals surface area contributed by atoms with Gasteiger partial charge < -0.3 is 5.32 Å². The van der Waals surface area contributed by atoms with E-state index in [1.165, 1.54) is 15.6 Å². The smallest absolute Gasteiger partial charge is 0.0925 e. The van der Waals surface area contributed by atoms with E-state index in [4.69, 9.17) is 0 Å². The minimum absolute atomic E-state index is 0.883. The third kappa shape index (κ3) is 2.33. The van der Waals surface area contributed by atoms with Crippen molar-refractivity contribution in [1.29, 1.82) is 0 Å². The molecule has 2 heterocycles. The van der Waals surface area contributed by atoms with Gasteiger partial charge in [0, 0.05) is 22.1 Å². The van der Waals surface area contributed by atoms with Crippen molar-refractivity contribution >= 4 is 28.4 Å². The Kier molecular flexibility index (Phi) is 3.16. The van der Waals surface area contributed by atoms with Crippen molar-refractivity contribution in [3.8, 4) is 0 Å². The van der Waals surface area contributed by atoms with Crippen molar-refractivity contribution in [3.05, 3.63) is 32.9 Å². The van der Waals surface area contributed by atoms with Crippen molar-refractivity contribution in [2.75, 3.05) is 5.32 Å². The van der Waals surface area contributed by atoms with E-state index in [1.54, 1.807) is 22.7 Å². The summed E-state index contributed by atoms with van der Waals surface area (Å²) in [4.78, 5) is 5.61. The fourth-order valence-corrected chi connectivity index (χ4v) is 2.56. The molecule has 0 saturated carbocycles. The Morgan fingerprint density at radius 2 is 2.43 bits per heavy atom. The van der Waals surface area contributed by atoms with Gasteiger partial charge >= 0.3 is 0 Å². The zero-order valence-electron chi connectivity index (χ0n) is 7.99. The van der Waals surface area contributed by atoms with Crippen LogP contribution in [0.3, 0.4) is 0 Å². The topological polar surface area (TPSA) is 24.9 Å². The minimum Gasteiger partial charge on any atom is -0.379 e. The molecular weight excluding hydrogens is 212 g/mol. The maximum absolute atomic E-state index is 4.32. The molecular formula is C10H12N2S2. The zero-order chi connectivity index (χ0) is 9.80. The standard InChI is InChI=1S/C10H12N2S2/c1-2-10-12-6-9(14-10)5-11-8-3-4-13-7-8/h3-4,6-7,11H,2,5H2,1H3. The van der Waals surface area contributed by atoms with Gasteiger partial charge in [0.05, 0.1) is 11.6 Å². The lowest BCUT2D eigenvalue weighted by atomic mass is 10.5. The molecule has 0 amide bonds. The van der Waals surface area contributed by atoms with Crippen LogP contribution >= 0.6 is 22.7 Å². The van der Waals surface area contributed by atoms with Crippen LogP contribution in [0.5, 0.6) is 0 Å². The lowest BCUT2D eigenvalue weighted by molar-refractivity contribution is 1.09. The molecule has 0 spiro atoms. The van der Waals surface area contributed by atoms with Crippen LogP contribution in [0.2, 0.25) is 0 Å². The molecule has 0 aliphatic rings. The number of aromatic nitrogens is 1. The van der Waals surface area contributed by atoms with Crippen LogP contribution in [0.15, 0.2) is 23.0 Å². The van der Waals surface area contributed by atoms with Gasteiger partial charge in [-0.15, -0.1) is 11.3 Å². The minimum atomic E-state index is 0.883. The predicted molar refractivity (Wildman–Crippen MR) is 63.1 cm³/mol. The van der Waals surface area contributed by atoms with E-state index in [-0.39, 0.29) is 0 Å². The molecule has 2 rings (SSSR count). The lowest BCUT2D eigenvalue weighted by Gasteiger charge is -1.99. The molecule has 0 bridgehead atoms. The number of thiazole rings is 1. The molecule has 0 aromatic carbocycles. The molecule has 0 saturated heterocycles. The van der Waals surface area contributed by atoms with Crippen LogP contribution in [-0.4, -0.2) is 4.98 Å². The Hall–Kier alpha value is -0.870. The Morgan fingerprint density at radius 3 is 3.07 bits per heavy atom. The summed E-state index contributed by atoms with van der Waals surface area (Å²) in [5.41, 5.74) is 1.20. The highest BCUT2D eigenvalue weighted by atomic mass is 32.1. The number of thiophene rings is 1. The van der Waals surface area contributed by atoms with Gasteiger partial charge in [0.1, 0.15) is 0 Å². The zero-order valence-corrected chi connectivity index (χ0v) is 9.62. The van der Waals surface area contributed by atoms with Gasteiger partial charge in [-0.2, -0.15) is 11.3 Å². The van der Waals surface area contributed by atoms with Crippen LogP contribution in [0.25, 0.3) is 0 Å². The molecule has 0 fully saturated rings. The highest BCUT2D eigenvalue weighted by Crippen LogP contribution is 2.17. The number of anilines is 1. The average molecular weight is 224 g/mol. The molecule has 2 nitrogen and oxygen atoms in total. The third-order valence-corrected chi connectivity index (χ3v) is 3.72. The van der Waals surface area contributed by atoms with Crippen molar-refractivity contribution in [2.45, 2.75) is 19.9 Å². The average Bonchev–Trinajstić information content (AvgIpc) is 2.86. The molecule has 1 N–H and O–H groups in total. The SMILES string of the molecule is CCc1ncc(CNc2ccsc2)s1. The molecule has 2 aromatic heterocycles. The van der Waals surface area contributed by atoms with E-state index < -0.39 is 0 Å². The first-order valence-electron chi connectivity index (χ1n) is 4.58. The van der Waals surface area contributed by atoms with E-state index in [0.717, 1.165) is 13.0 Å². The summed E-state index contributed by atoms with van der Waals surface area (Å²) in [6.45, 7) is 3.02. The first-order valence-corrected chi connectivity index (χ1v) is 6.34. The highest BCUT2D eigenvalue weighted by Gasteiger charge is 1.99. The summed E-state index contributed by atoms with van der Waals surface area (Å²) in [6, 6.07) is 2.09. The first-order chi connectivity index (χ1) is 6.88. The molecule has 2 aromatic rings. The molecule has 4 heteroatoms. The van der Waals surface area contributed by atoms with Crippen LogP contribution in [0.4, 0.5) is 5.69 Å². The van der Waals surface area contributed by atoms with Gasteiger partial charge in [-0.3, -0.25) is 0 Å². The lowest BCUT2D eigenvalue weighted by Crippen LogP contribution is -1.94. The molecule has 0 radical (unpaired) electrons. The van der Waals surface area contributed by atoms with Crippen molar-refractivity contribution < 1.29 is 0 Å². The Bertz CT molecular complexity index is 378. The number of rotatable bonds is 4. The number of hydrogen-bond donors (Lipinski definition) is 1. The van der Waals surface area contributed by atoms with Gasteiger partial charge in [0.2, 0.25) is 0 Å². The second kappa shape index (κ2) is 4.57. The fourth-order valence-electron chi connectivity index (χ4n) is 1.15. The predicted octanol–water partition coefficient (Wildman–Crippen LogP) is 3.38. The quantitative estimate of drug-likeness (QED) is 0.861. The van der Waals surface area contributed by atoms with Crippen LogP contribution in [0.1, 0.15) is 16.8 Å². The van der Waals surface area contributed by atoms with E-state index >= 15 is 0 Å². The van der Waals surface area contributed by atoms with Crippen LogP contribution in [0, 0.1) is 0 Å². The molecule has 14 heavy (non-hydrogen) atoms. The second-order valence-corrected chi connectivity index (χ2v) is 4.92. The fraction of sp³-hybridized carbons (Fsp3) is 0.300. The summed E-state index contributed by atoms with van der Waals surface area (Å²) in [6.07, 6.45) is 2.99. The normalized spacial score (nSPS) is 10.4. The third-order valence-electron chi connectivity index (χ3n) is 1.89. The van der Waals surface area contributed by atoms with Crippen LogP contribution < -0.4 is 5.32 Å². The molecule has 0 aliphatic carbocycles. The second-order valence-electron chi connectivity index (χ2n) is 2.94. The number of nitrogens with zero attached hydrogens (tertiary/aromatic N) is 1. The van der Waals surface area contributed by atoms with E-state index in [2.05, 4.69) is 34.1 Å². The monoisotopic (exact) mass is 224 g/mol. The number of hydrogen-bond acceptors (Lipinski definition) is 4. The number of nitrogens with one attached hydrogen (secondary N) is 1. The molecule has 0 unspecified atom stereocenters. The van der Waals surface area contributed by atoms with E-state index in [0.29, 0.717) is 0 Å². The van der Waals surface area contributed by atoms with Crippen molar-refractivity contribution in [3.63, 3.8) is 0 Å². The Balaban J connectivity index is 1.92. The van der Waals surface area contributed by atoms with E-state index in [1.807, 2.05) is 6.20 Å². The van der Waals surface area contributed by atoms with Crippen LogP contribution in [-0.2, 0) is 13.0 Å². The Labute approximate surface area is 91.6 Å². The number of aryl methyl sites for hydroxylation is 1. The highest BCUT2D eigenvalue weighted by molar-refractivity contribution is 7.11.